The van der Waals surface area contributed by atoms with Gasteiger partial charge in [0.05, 0.1) is 16.6 Å². The van der Waals surface area contributed by atoms with E-state index in [2.05, 4.69) is 35.1 Å². The van der Waals surface area contributed by atoms with Crippen LogP contribution in [0.15, 0.2) is 12.1 Å². The number of alkyl halides is 4. The van der Waals surface area contributed by atoms with E-state index in [-0.39, 0.29) is 57.9 Å². The molecule has 4 saturated heterocycles. The minimum atomic E-state index is -5.14. The highest BCUT2D eigenvalue weighted by atomic mass is 19.4. The number of benzene rings is 2. The number of hydrogen-bond donors (Lipinski definition) is 2. The minimum absolute atomic E-state index is 0.0120. The third kappa shape index (κ3) is 5.12. The molecule has 4 atom stereocenters. The highest BCUT2D eigenvalue weighted by molar-refractivity contribution is 6.03. The Labute approximate surface area is 265 Å². The van der Waals surface area contributed by atoms with E-state index in [1.54, 1.807) is 6.92 Å². The van der Waals surface area contributed by atoms with Crippen molar-refractivity contribution in [3.05, 3.63) is 35.0 Å². The molecule has 2 bridgehead atoms. The molecule has 0 amide bonds. The van der Waals surface area contributed by atoms with Crippen LogP contribution in [-0.4, -0.2) is 88.0 Å². The predicted molar refractivity (Wildman–Crippen MR) is 161 cm³/mol. The van der Waals surface area contributed by atoms with Crippen molar-refractivity contribution in [1.82, 2.24) is 30.4 Å². The molecular weight excluding hydrogens is 628 g/mol. The van der Waals surface area contributed by atoms with Crippen LogP contribution in [0.3, 0.4) is 0 Å². The van der Waals surface area contributed by atoms with Crippen LogP contribution in [0, 0.1) is 25.5 Å². The number of H-pyrrole nitrogens is 1. The summed E-state index contributed by atoms with van der Waals surface area (Å²) in [4.78, 5) is 13.1. The van der Waals surface area contributed by atoms with Gasteiger partial charge in [-0.1, -0.05) is 0 Å². The molecular formula is C32H33F6N7O2. The molecule has 4 fully saturated rings. The van der Waals surface area contributed by atoms with Crippen LogP contribution in [0.1, 0.15) is 43.4 Å². The Bertz CT molecular complexity index is 1890. The molecule has 0 aliphatic carbocycles. The zero-order valence-corrected chi connectivity index (χ0v) is 25.8. The van der Waals surface area contributed by atoms with Crippen molar-refractivity contribution in [2.24, 2.45) is 0 Å². The first-order valence-corrected chi connectivity index (χ1v) is 15.9. The molecule has 4 aromatic rings. The first-order valence-electron chi connectivity index (χ1n) is 15.9. The number of ether oxygens (including phenoxy) is 2. The molecule has 250 valence electrons. The first kappa shape index (κ1) is 30.5. The maximum absolute atomic E-state index is 17.0. The number of aromatic nitrogens is 4. The van der Waals surface area contributed by atoms with Crippen LogP contribution in [-0.2, 0) is 0 Å². The Kier molecular flexibility index (Phi) is 7.03. The van der Waals surface area contributed by atoms with E-state index >= 15 is 8.78 Å². The normalized spacial score (nSPS) is 26.1. The van der Waals surface area contributed by atoms with E-state index in [9.17, 15) is 17.6 Å². The monoisotopic (exact) mass is 661 g/mol. The Hall–Kier alpha value is -3.85. The fourth-order valence-electron chi connectivity index (χ4n) is 8.25. The van der Waals surface area contributed by atoms with Crippen molar-refractivity contribution < 1.29 is 35.8 Å². The summed E-state index contributed by atoms with van der Waals surface area (Å²) >= 11 is 0. The second-order valence-corrected chi connectivity index (χ2v) is 13.4. The molecule has 2 aromatic heterocycles. The lowest BCUT2D eigenvalue weighted by atomic mass is 9.94. The molecule has 0 radical (unpaired) electrons. The SMILES string of the molecule is Cc1cc2n[nH]c(C)c2c(-c2c(F)cc3c(N4C[C@H]5CC[C@@H](C4)N5)nc(OC[C@@]45CCCN4C[C@H](F)C5)nc3c2F)c1OC(F)(F)F. The van der Waals surface area contributed by atoms with Crippen molar-refractivity contribution in [1.29, 1.82) is 0 Å². The van der Waals surface area contributed by atoms with Gasteiger partial charge in [0.2, 0.25) is 0 Å². The third-order valence-corrected chi connectivity index (χ3v) is 10.2. The highest BCUT2D eigenvalue weighted by Crippen LogP contribution is 2.47. The van der Waals surface area contributed by atoms with E-state index in [4.69, 9.17) is 4.74 Å². The molecule has 6 heterocycles. The van der Waals surface area contributed by atoms with Crippen LogP contribution in [0.25, 0.3) is 32.9 Å². The van der Waals surface area contributed by atoms with Gasteiger partial charge < -0.3 is 19.7 Å². The maximum Gasteiger partial charge on any atom is 0.573 e. The maximum atomic E-state index is 17.0. The largest absolute Gasteiger partial charge is 0.573 e. The summed E-state index contributed by atoms with van der Waals surface area (Å²) < 4.78 is 99.5. The molecule has 4 aliphatic rings. The average Bonchev–Trinajstić information content (AvgIpc) is 3.74. The topological polar surface area (TPSA) is 91.4 Å². The van der Waals surface area contributed by atoms with Gasteiger partial charge in [-0.25, -0.2) is 13.2 Å². The lowest BCUT2D eigenvalue weighted by molar-refractivity contribution is -0.274. The number of piperazine rings is 1. The summed E-state index contributed by atoms with van der Waals surface area (Å²) in [6, 6.07) is 2.59. The summed E-state index contributed by atoms with van der Waals surface area (Å²) in [6.45, 7) is 5.10. The second-order valence-electron chi connectivity index (χ2n) is 13.4. The molecule has 0 unspecified atom stereocenters. The number of hydrogen-bond acceptors (Lipinski definition) is 8. The standard InChI is InChI=1S/C32H33F6N7O2/c1-15-8-22-23(16(2)42-43-22)25(28(15)47-32(36,37)38)24-21(34)9-20-27(26(24)35)40-30(41-29(20)44-12-18-4-5-19(13-44)39-18)46-14-31-6-3-7-45(31)11-17(33)10-31/h8-9,17-19,39H,3-7,10-14H2,1-2H3,(H,42,43)/t17-,18-,19+,31+/m1/s1. The molecule has 9 nitrogen and oxygen atoms in total. The van der Waals surface area contributed by atoms with E-state index in [0.717, 1.165) is 38.3 Å². The molecule has 2 N–H and O–H groups in total. The number of rotatable bonds is 6. The van der Waals surface area contributed by atoms with Gasteiger partial charge in [0.1, 0.15) is 35.7 Å². The first-order chi connectivity index (χ1) is 22.4. The number of anilines is 1. The number of aryl methyl sites for hydroxylation is 2. The van der Waals surface area contributed by atoms with Crippen molar-refractivity contribution in [3.8, 4) is 22.9 Å². The number of halogens is 6. The van der Waals surface area contributed by atoms with Crippen molar-refractivity contribution >= 4 is 27.6 Å². The third-order valence-electron chi connectivity index (χ3n) is 10.2. The van der Waals surface area contributed by atoms with Crippen LogP contribution in [0.2, 0.25) is 0 Å². The van der Waals surface area contributed by atoms with Crippen molar-refractivity contribution in [2.45, 2.75) is 76.1 Å². The Morgan fingerprint density at radius 3 is 2.55 bits per heavy atom. The fraction of sp³-hybridized carbons (Fsp3) is 0.531. The number of nitrogens with zero attached hydrogens (tertiary/aromatic N) is 5. The van der Waals surface area contributed by atoms with Gasteiger partial charge in [0.15, 0.2) is 5.82 Å². The van der Waals surface area contributed by atoms with E-state index in [0.29, 0.717) is 31.7 Å². The van der Waals surface area contributed by atoms with Crippen LogP contribution in [0.5, 0.6) is 11.8 Å². The van der Waals surface area contributed by atoms with E-state index in [1.165, 1.54) is 13.0 Å². The van der Waals surface area contributed by atoms with Crippen LogP contribution in [0.4, 0.5) is 32.2 Å². The number of aromatic amines is 1. The van der Waals surface area contributed by atoms with Gasteiger partial charge in [-0.15, -0.1) is 13.2 Å². The minimum Gasteiger partial charge on any atom is -0.461 e. The van der Waals surface area contributed by atoms with Gasteiger partial charge >= 0.3 is 12.4 Å². The second kappa shape index (κ2) is 10.8. The van der Waals surface area contributed by atoms with Gasteiger partial charge in [-0.05, 0) is 63.8 Å². The van der Waals surface area contributed by atoms with Crippen LogP contribution < -0.4 is 19.7 Å². The Balaban J connectivity index is 1.31. The zero-order chi connectivity index (χ0) is 32.8. The van der Waals surface area contributed by atoms with Gasteiger partial charge in [-0.3, -0.25) is 10.00 Å². The van der Waals surface area contributed by atoms with Gasteiger partial charge in [-0.2, -0.15) is 15.1 Å². The Morgan fingerprint density at radius 1 is 1.04 bits per heavy atom. The molecule has 8 rings (SSSR count). The Morgan fingerprint density at radius 2 is 1.81 bits per heavy atom. The number of nitrogens with one attached hydrogen (secondary N) is 2. The average molecular weight is 662 g/mol. The van der Waals surface area contributed by atoms with E-state index < -0.39 is 46.6 Å². The highest BCUT2D eigenvalue weighted by Gasteiger charge is 2.49. The smallest absolute Gasteiger partial charge is 0.461 e. The quantitative estimate of drug-likeness (QED) is 0.249. The molecule has 47 heavy (non-hydrogen) atoms. The van der Waals surface area contributed by atoms with Crippen LogP contribution >= 0.6 is 0 Å². The summed E-state index contributed by atoms with van der Waals surface area (Å²) in [5, 5.41) is 10.5. The van der Waals surface area contributed by atoms with Crippen molar-refractivity contribution in [2.75, 3.05) is 37.7 Å². The molecule has 15 heteroatoms. The summed E-state index contributed by atoms with van der Waals surface area (Å²) in [5.74, 6) is -2.76. The zero-order valence-electron chi connectivity index (χ0n) is 25.8. The molecule has 4 aliphatic heterocycles. The predicted octanol–water partition coefficient (Wildman–Crippen LogP) is 5.86. The molecule has 0 spiro atoms. The molecule has 0 saturated carbocycles. The lowest BCUT2D eigenvalue weighted by Gasteiger charge is -2.34. The van der Waals surface area contributed by atoms with Gasteiger partial charge in [0.25, 0.3) is 0 Å². The summed E-state index contributed by atoms with van der Waals surface area (Å²) in [7, 11) is 0. The number of fused-ring (bicyclic) bond motifs is 5. The summed E-state index contributed by atoms with van der Waals surface area (Å²) in [6.07, 6.45) is -2.32. The van der Waals surface area contributed by atoms with Crippen molar-refractivity contribution in [3.63, 3.8) is 0 Å². The van der Waals surface area contributed by atoms with E-state index in [1.807, 2.05) is 4.90 Å². The molecule has 2 aromatic carbocycles. The van der Waals surface area contributed by atoms with Gasteiger partial charge in [0, 0.05) is 60.2 Å². The fourth-order valence-corrected chi connectivity index (χ4v) is 8.25. The summed E-state index contributed by atoms with van der Waals surface area (Å²) in [5.41, 5.74) is -1.50. The lowest BCUT2D eigenvalue weighted by Crippen LogP contribution is -2.51.